The highest BCUT2D eigenvalue weighted by Crippen LogP contribution is 2.19. The van der Waals surface area contributed by atoms with E-state index in [4.69, 9.17) is 5.73 Å². The second-order valence-corrected chi connectivity index (χ2v) is 4.75. The summed E-state index contributed by atoms with van der Waals surface area (Å²) in [7, 11) is 0. The van der Waals surface area contributed by atoms with Crippen molar-refractivity contribution in [1.29, 1.82) is 0 Å². The van der Waals surface area contributed by atoms with E-state index in [9.17, 15) is 4.39 Å². The first kappa shape index (κ1) is 11.5. The average molecular weight is 213 g/mol. The van der Waals surface area contributed by atoms with Gasteiger partial charge < -0.3 is 5.73 Å². The minimum atomic E-state index is -0.172. The SMILES string of the molecule is CC(CCN)SCc1ccc(F)cc1. The first-order valence-electron chi connectivity index (χ1n) is 4.78. The van der Waals surface area contributed by atoms with Crippen molar-refractivity contribution in [3.05, 3.63) is 35.6 Å². The predicted molar refractivity (Wildman–Crippen MR) is 60.8 cm³/mol. The molecule has 0 aliphatic heterocycles. The lowest BCUT2D eigenvalue weighted by Crippen LogP contribution is -2.07. The first-order chi connectivity index (χ1) is 6.72. The molecule has 2 N–H and O–H groups in total. The molecule has 0 aliphatic carbocycles. The monoisotopic (exact) mass is 213 g/mol. The fourth-order valence-electron chi connectivity index (χ4n) is 1.14. The van der Waals surface area contributed by atoms with Crippen LogP contribution in [0.15, 0.2) is 24.3 Å². The van der Waals surface area contributed by atoms with Gasteiger partial charge in [-0.05, 0) is 30.7 Å². The number of nitrogens with two attached hydrogens (primary N) is 1. The maximum absolute atomic E-state index is 12.6. The molecule has 0 heterocycles. The van der Waals surface area contributed by atoms with Crippen LogP contribution < -0.4 is 5.73 Å². The molecule has 0 bridgehead atoms. The molecule has 0 aromatic heterocycles. The maximum atomic E-state index is 12.6. The number of rotatable bonds is 5. The Balaban J connectivity index is 2.34. The fraction of sp³-hybridized carbons (Fsp3) is 0.455. The van der Waals surface area contributed by atoms with Crippen molar-refractivity contribution >= 4 is 11.8 Å². The molecule has 1 rings (SSSR count). The van der Waals surface area contributed by atoms with Gasteiger partial charge in [-0.1, -0.05) is 19.1 Å². The van der Waals surface area contributed by atoms with Gasteiger partial charge in [-0.25, -0.2) is 4.39 Å². The number of hydrogen-bond acceptors (Lipinski definition) is 2. The number of hydrogen-bond donors (Lipinski definition) is 1. The summed E-state index contributed by atoms with van der Waals surface area (Å²) in [6.07, 6.45) is 1.03. The third kappa shape index (κ3) is 4.11. The molecule has 1 nitrogen and oxygen atoms in total. The van der Waals surface area contributed by atoms with Crippen LogP contribution in [-0.2, 0) is 5.75 Å². The Kier molecular flexibility index (Phi) is 4.98. The molecule has 1 aromatic rings. The maximum Gasteiger partial charge on any atom is 0.123 e. The number of halogens is 1. The van der Waals surface area contributed by atoms with E-state index in [-0.39, 0.29) is 5.82 Å². The Morgan fingerprint density at radius 3 is 2.57 bits per heavy atom. The second kappa shape index (κ2) is 6.04. The second-order valence-electron chi connectivity index (χ2n) is 3.33. The highest BCUT2D eigenvalue weighted by atomic mass is 32.2. The molecule has 78 valence electrons. The highest BCUT2D eigenvalue weighted by Gasteiger charge is 2.01. The normalized spacial score (nSPS) is 12.8. The van der Waals surface area contributed by atoms with Gasteiger partial charge in [0.05, 0.1) is 0 Å². The zero-order valence-corrected chi connectivity index (χ0v) is 9.19. The van der Waals surface area contributed by atoms with Gasteiger partial charge in [0, 0.05) is 11.0 Å². The summed E-state index contributed by atoms with van der Waals surface area (Å²) in [5, 5.41) is 0.574. The Labute approximate surface area is 88.9 Å². The Morgan fingerprint density at radius 1 is 1.36 bits per heavy atom. The predicted octanol–water partition coefficient (Wildman–Crippen LogP) is 2.80. The van der Waals surface area contributed by atoms with Crippen LogP contribution in [0, 0.1) is 5.82 Å². The van der Waals surface area contributed by atoms with E-state index in [1.165, 1.54) is 17.7 Å². The van der Waals surface area contributed by atoms with E-state index in [1.54, 1.807) is 0 Å². The van der Waals surface area contributed by atoms with Crippen molar-refractivity contribution in [2.45, 2.75) is 24.3 Å². The summed E-state index contributed by atoms with van der Waals surface area (Å²) in [4.78, 5) is 0. The molecular weight excluding hydrogens is 197 g/mol. The van der Waals surface area contributed by atoms with Gasteiger partial charge in [-0.15, -0.1) is 0 Å². The van der Waals surface area contributed by atoms with Gasteiger partial charge >= 0.3 is 0 Å². The first-order valence-corrected chi connectivity index (χ1v) is 5.83. The molecule has 14 heavy (non-hydrogen) atoms. The van der Waals surface area contributed by atoms with Gasteiger partial charge in [0.1, 0.15) is 5.82 Å². The zero-order chi connectivity index (χ0) is 10.4. The molecular formula is C11H16FNS. The summed E-state index contributed by atoms with van der Waals surface area (Å²) >= 11 is 1.86. The molecule has 3 heteroatoms. The summed E-state index contributed by atoms with van der Waals surface area (Å²) in [6.45, 7) is 2.90. The molecule has 1 aromatic carbocycles. The molecule has 1 unspecified atom stereocenters. The van der Waals surface area contributed by atoms with Crippen LogP contribution in [-0.4, -0.2) is 11.8 Å². The van der Waals surface area contributed by atoms with Gasteiger partial charge in [0.2, 0.25) is 0 Å². The van der Waals surface area contributed by atoms with Crippen molar-refractivity contribution in [2.24, 2.45) is 5.73 Å². The lowest BCUT2D eigenvalue weighted by atomic mass is 10.2. The van der Waals surface area contributed by atoms with Crippen LogP contribution in [0.3, 0.4) is 0 Å². The average Bonchev–Trinajstić information content (AvgIpc) is 2.17. The van der Waals surface area contributed by atoms with E-state index in [0.29, 0.717) is 5.25 Å². The molecule has 0 saturated heterocycles. The molecule has 1 atom stereocenters. The third-order valence-electron chi connectivity index (χ3n) is 2.02. The third-order valence-corrected chi connectivity index (χ3v) is 3.33. The fourth-order valence-corrected chi connectivity index (χ4v) is 2.11. The van der Waals surface area contributed by atoms with Crippen LogP contribution in [0.2, 0.25) is 0 Å². The van der Waals surface area contributed by atoms with Crippen molar-refractivity contribution < 1.29 is 4.39 Å². The van der Waals surface area contributed by atoms with Crippen LogP contribution in [0.25, 0.3) is 0 Å². The summed E-state index contributed by atoms with van der Waals surface area (Å²) in [5.74, 6) is 0.760. The minimum Gasteiger partial charge on any atom is -0.330 e. The van der Waals surface area contributed by atoms with Crippen molar-refractivity contribution in [3.63, 3.8) is 0 Å². The Hall–Kier alpha value is -0.540. The van der Waals surface area contributed by atoms with Crippen LogP contribution in [0.1, 0.15) is 18.9 Å². The van der Waals surface area contributed by atoms with Crippen molar-refractivity contribution in [3.8, 4) is 0 Å². The zero-order valence-electron chi connectivity index (χ0n) is 8.37. The topological polar surface area (TPSA) is 26.0 Å². The minimum absolute atomic E-state index is 0.172. The quantitative estimate of drug-likeness (QED) is 0.814. The molecule has 0 saturated carbocycles. The number of thioether (sulfide) groups is 1. The van der Waals surface area contributed by atoms with E-state index in [0.717, 1.165) is 18.7 Å². The standard InChI is InChI=1S/C11H16FNS/c1-9(6-7-13)14-8-10-2-4-11(12)5-3-10/h2-5,9H,6-8,13H2,1H3. The van der Waals surface area contributed by atoms with E-state index >= 15 is 0 Å². The van der Waals surface area contributed by atoms with Crippen molar-refractivity contribution in [1.82, 2.24) is 0 Å². The van der Waals surface area contributed by atoms with Gasteiger partial charge in [0.15, 0.2) is 0 Å². The summed E-state index contributed by atoms with van der Waals surface area (Å²) < 4.78 is 12.6. The molecule has 0 fully saturated rings. The molecule has 0 amide bonds. The van der Waals surface area contributed by atoms with Gasteiger partial charge in [0.25, 0.3) is 0 Å². The highest BCUT2D eigenvalue weighted by molar-refractivity contribution is 7.99. The van der Waals surface area contributed by atoms with E-state index < -0.39 is 0 Å². The van der Waals surface area contributed by atoms with E-state index in [1.807, 2.05) is 23.9 Å². The van der Waals surface area contributed by atoms with Crippen molar-refractivity contribution in [2.75, 3.05) is 6.54 Å². The summed E-state index contributed by atoms with van der Waals surface area (Å²) in [5.41, 5.74) is 6.62. The lowest BCUT2D eigenvalue weighted by molar-refractivity contribution is 0.627. The largest absolute Gasteiger partial charge is 0.330 e. The molecule has 0 radical (unpaired) electrons. The van der Waals surface area contributed by atoms with Crippen LogP contribution >= 0.6 is 11.8 Å². The number of benzene rings is 1. The van der Waals surface area contributed by atoms with E-state index in [2.05, 4.69) is 6.92 Å². The Bertz CT molecular complexity index is 260. The Morgan fingerprint density at radius 2 is 2.00 bits per heavy atom. The van der Waals surface area contributed by atoms with Gasteiger partial charge in [-0.2, -0.15) is 11.8 Å². The summed E-state index contributed by atoms with van der Waals surface area (Å²) in [6, 6.07) is 6.67. The smallest absolute Gasteiger partial charge is 0.123 e. The molecule has 0 spiro atoms. The van der Waals surface area contributed by atoms with Gasteiger partial charge in [-0.3, -0.25) is 0 Å². The lowest BCUT2D eigenvalue weighted by Gasteiger charge is -2.09. The van der Waals surface area contributed by atoms with Crippen LogP contribution in [0.4, 0.5) is 4.39 Å². The molecule has 0 aliphatic rings. The van der Waals surface area contributed by atoms with Crippen LogP contribution in [0.5, 0.6) is 0 Å².